The van der Waals surface area contributed by atoms with Crippen molar-refractivity contribution in [1.82, 2.24) is 4.57 Å². The minimum atomic E-state index is -0.747. The first-order valence-electron chi connectivity index (χ1n) is 12.7. The lowest BCUT2D eigenvalue weighted by Crippen LogP contribution is -2.40. The number of ether oxygens (including phenoxy) is 3. The highest BCUT2D eigenvalue weighted by Crippen LogP contribution is 2.36. The molecule has 0 N–H and O–H groups in total. The van der Waals surface area contributed by atoms with Gasteiger partial charge in [-0.2, -0.15) is 0 Å². The first kappa shape index (κ1) is 26.0. The summed E-state index contributed by atoms with van der Waals surface area (Å²) in [5.41, 5.74) is 1.25. The molecule has 3 aromatic rings. The van der Waals surface area contributed by atoms with Gasteiger partial charge in [0.2, 0.25) is 0 Å². The molecule has 0 spiro atoms. The zero-order valence-electron chi connectivity index (χ0n) is 21.9. The third-order valence-electron chi connectivity index (χ3n) is 6.30. The molecule has 5 rings (SSSR count). The van der Waals surface area contributed by atoms with Crippen LogP contribution in [0.2, 0.25) is 0 Å². The van der Waals surface area contributed by atoms with Gasteiger partial charge >= 0.3 is 5.97 Å². The van der Waals surface area contributed by atoms with Crippen molar-refractivity contribution in [3.8, 4) is 5.75 Å². The Kier molecular flexibility index (Phi) is 7.53. The van der Waals surface area contributed by atoms with Crippen molar-refractivity contribution in [2.24, 2.45) is 4.99 Å². The molecule has 0 bridgehead atoms. The summed E-state index contributed by atoms with van der Waals surface area (Å²) in [4.78, 5) is 34.3. The third kappa shape index (κ3) is 5.06. The number of fused-ring (bicyclic) bond motifs is 1. The van der Waals surface area contributed by atoms with Crippen LogP contribution in [0.3, 0.4) is 0 Å². The van der Waals surface area contributed by atoms with Gasteiger partial charge in [-0.1, -0.05) is 29.5 Å². The molecule has 1 aromatic carbocycles. The maximum absolute atomic E-state index is 13.9. The number of carbonyl (C=O) groups is 1. The highest BCUT2D eigenvalue weighted by atomic mass is 32.1. The molecule has 9 nitrogen and oxygen atoms in total. The van der Waals surface area contributed by atoms with Crippen molar-refractivity contribution in [3.05, 3.63) is 78.7 Å². The first-order chi connectivity index (χ1) is 18.4. The molecule has 2 aliphatic rings. The van der Waals surface area contributed by atoms with Crippen molar-refractivity contribution in [3.63, 3.8) is 0 Å². The van der Waals surface area contributed by atoms with Gasteiger partial charge in [-0.15, -0.1) is 0 Å². The van der Waals surface area contributed by atoms with E-state index >= 15 is 0 Å². The third-order valence-corrected chi connectivity index (χ3v) is 7.28. The summed E-state index contributed by atoms with van der Waals surface area (Å²) in [5, 5.41) is 0. The van der Waals surface area contributed by atoms with Crippen LogP contribution in [-0.4, -0.2) is 49.6 Å². The molecule has 2 aliphatic heterocycles. The van der Waals surface area contributed by atoms with E-state index in [-0.39, 0.29) is 18.3 Å². The summed E-state index contributed by atoms with van der Waals surface area (Å²) in [6.45, 7) is 10.4. The number of aromatic nitrogens is 1. The molecule has 10 heteroatoms. The van der Waals surface area contributed by atoms with Gasteiger partial charge < -0.3 is 23.5 Å². The molecule has 1 atom stereocenters. The largest absolute Gasteiger partial charge is 0.491 e. The molecule has 0 aliphatic carbocycles. The fourth-order valence-electron chi connectivity index (χ4n) is 4.66. The lowest BCUT2D eigenvalue weighted by molar-refractivity contribution is -0.139. The van der Waals surface area contributed by atoms with Gasteiger partial charge in [0.15, 0.2) is 10.7 Å². The van der Waals surface area contributed by atoms with Crippen LogP contribution in [0.1, 0.15) is 45.1 Å². The van der Waals surface area contributed by atoms with E-state index in [1.165, 1.54) is 11.3 Å². The van der Waals surface area contributed by atoms with E-state index in [4.69, 9.17) is 18.6 Å². The Balaban J connectivity index is 1.64. The van der Waals surface area contributed by atoms with E-state index in [0.29, 0.717) is 50.9 Å². The number of para-hydroxylation sites is 1. The molecule has 0 saturated carbocycles. The zero-order valence-corrected chi connectivity index (χ0v) is 22.7. The monoisotopic (exact) mass is 537 g/mol. The number of morpholine rings is 1. The lowest BCUT2D eigenvalue weighted by Gasteiger charge is -2.26. The van der Waals surface area contributed by atoms with Gasteiger partial charge in [-0.3, -0.25) is 9.36 Å². The molecule has 1 fully saturated rings. The van der Waals surface area contributed by atoms with Crippen LogP contribution >= 0.6 is 11.3 Å². The van der Waals surface area contributed by atoms with Crippen LogP contribution in [-0.2, 0) is 14.3 Å². The van der Waals surface area contributed by atoms with E-state index < -0.39 is 12.0 Å². The van der Waals surface area contributed by atoms with E-state index in [1.54, 1.807) is 24.5 Å². The molecule has 0 amide bonds. The normalized spacial score (nSPS) is 18.0. The second kappa shape index (κ2) is 11.0. The van der Waals surface area contributed by atoms with Crippen LogP contribution in [0, 0.1) is 0 Å². The molecule has 2 aromatic heterocycles. The smallest absolute Gasteiger partial charge is 0.338 e. The Morgan fingerprint density at radius 1 is 1.21 bits per heavy atom. The number of allylic oxidation sites excluding steroid dienone is 1. The van der Waals surface area contributed by atoms with Crippen LogP contribution in [0.4, 0.5) is 5.88 Å². The predicted octanol–water partition coefficient (Wildman–Crippen LogP) is 3.02. The molecule has 4 heterocycles. The van der Waals surface area contributed by atoms with Gasteiger partial charge in [-0.05, 0) is 39.8 Å². The minimum absolute atomic E-state index is 0.0947. The van der Waals surface area contributed by atoms with E-state index in [2.05, 4.69) is 9.89 Å². The summed E-state index contributed by atoms with van der Waals surface area (Å²) < 4.78 is 25.0. The van der Waals surface area contributed by atoms with Gasteiger partial charge in [0.1, 0.15) is 17.6 Å². The number of rotatable bonds is 7. The molecular weight excluding hydrogens is 506 g/mol. The second-order valence-electron chi connectivity index (χ2n) is 9.28. The van der Waals surface area contributed by atoms with Crippen molar-refractivity contribution in [2.75, 3.05) is 37.8 Å². The highest BCUT2D eigenvalue weighted by molar-refractivity contribution is 7.07. The Bertz CT molecular complexity index is 1540. The van der Waals surface area contributed by atoms with Gasteiger partial charge in [0, 0.05) is 30.8 Å². The van der Waals surface area contributed by atoms with Crippen molar-refractivity contribution >= 4 is 29.3 Å². The molecule has 0 radical (unpaired) electrons. The number of anilines is 1. The van der Waals surface area contributed by atoms with E-state index in [9.17, 15) is 9.59 Å². The Labute approximate surface area is 224 Å². The topological polar surface area (TPSA) is 95.5 Å². The fourth-order valence-corrected chi connectivity index (χ4v) is 5.68. The van der Waals surface area contributed by atoms with Crippen molar-refractivity contribution < 1.29 is 23.4 Å². The zero-order chi connectivity index (χ0) is 26.8. The van der Waals surface area contributed by atoms with E-state index in [1.807, 2.05) is 50.2 Å². The van der Waals surface area contributed by atoms with Crippen molar-refractivity contribution in [2.45, 2.75) is 39.8 Å². The minimum Gasteiger partial charge on any atom is -0.491 e. The molecule has 0 unspecified atom stereocenters. The SMILES string of the molecule is CCOC(=O)C1=C(C)N=c2s/c(=C/c3ccc(N4CCOCC4)o3)c(=O)n2[C@H]1c1ccccc1OC(C)C. The number of nitrogens with zero attached hydrogens (tertiary/aromatic N) is 3. The van der Waals surface area contributed by atoms with Crippen LogP contribution in [0.15, 0.2) is 61.9 Å². The average molecular weight is 538 g/mol. The summed E-state index contributed by atoms with van der Waals surface area (Å²) in [6.07, 6.45) is 1.63. The Morgan fingerprint density at radius 2 is 1.97 bits per heavy atom. The standard InChI is InChI=1S/C28H31N3O6S/c1-5-35-27(33)24-18(4)29-28-31(25(24)20-8-6-7-9-21(20)36-17(2)3)26(32)22(38-28)16-19-10-11-23(37-19)30-12-14-34-15-13-30/h6-11,16-17,25H,5,12-15H2,1-4H3/b22-16+/t25-/m0/s1. The summed E-state index contributed by atoms with van der Waals surface area (Å²) in [5.74, 6) is 1.40. The average Bonchev–Trinajstić information content (AvgIpc) is 3.48. The highest BCUT2D eigenvalue weighted by Gasteiger charge is 2.35. The van der Waals surface area contributed by atoms with E-state index in [0.717, 1.165) is 19.0 Å². The number of carbonyl (C=O) groups excluding carboxylic acids is 1. The van der Waals surface area contributed by atoms with Crippen LogP contribution < -0.4 is 24.5 Å². The number of hydrogen-bond acceptors (Lipinski definition) is 9. The molecular formula is C28H31N3O6S. The maximum atomic E-state index is 13.9. The maximum Gasteiger partial charge on any atom is 0.338 e. The summed E-state index contributed by atoms with van der Waals surface area (Å²) in [6, 6.07) is 10.5. The number of esters is 1. The Morgan fingerprint density at radius 3 is 2.71 bits per heavy atom. The number of thiazole rings is 1. The fraction of sp³-hybridized carbons (Fsp3) is 0.393. The lowest BCUT2D eigenvalue weighted by atomic mass is 9.95. The summed E-state index contributed by atoms with van der Waals surface area (Å²) in [7, 11) is 0. The molecule has 200 valence electrons. The Hall–Kier alpha value is -3.63. The first-order valence-corrected chi connectivity index (χ1v) is 13.6. The van der Waals surface area contributed by atoms with Crippen molar-refractivity contribution in [1.29, 1.82) is 0 Å². The van der Waals surface area contributed by atoms with Gasteiger partial charge in [-0.25, -0.2) is 9.79 Å². The summed E-state index contributed by atoms with van der Waals surface area (Å²) >= 11 is 1.26. The van der Waals surface area contributed by atoms with Crippen LogP contribution in [0.5, 0.6) is 5.75 Å². The van der Waals surface area contributed by atoms with Gasteiger partial charge in [0.25, 0.3) is 5.56 Å². The number of furan rings is 1. The molecule has 1 saturated heterocycles. The quantitative estimate of drug-likeness (QED) is 0.428. The predicted molar refractivity (Wildman–Crippen MR) is 144 cm³/mol. The van der Waals surface area contributed by atoms with Gasteiger partial charge in [0.05, 0.1) is 41.7 Å². The number of hydrogen-bond donors (Lipinski definition) is 0. The second-order valence-corrected chi connectivity index (χ2v) is 10.3. The molecule has 38 heavy (non-hydrogen) atoms. The van der Waals surface area contributed by atoms with Crippen LogP contribution in [0.25, 0.3) is 6.08 Å². The number of benzene rings is 1.